The number of esters is 1. The second-order valence-corrected chi connectivity index (χ2v) is 7.44. The van der Waals surface area contributed by atoms with Gasteiger partial charge >= 0.3 is 5.97 Å². The molecule has 0 saturated heterocycles. The smallest absolute Gasteiger partial charge is 0.306 e. The molecule has 1 rings (SSSR count). The summed E-state index contributed by atoms with van der Waals surface area (Å²) in [5.74, 6) is -0.449. The van der Waals surface area contributed by atoms with Crippen molar-refractivity contribution in [2.24, 2.45) is 0 Å². The molecule has 1 aliphatic carbocycles. The van der Waals surface area contributed by atoms with Crippen LogP contribution < -0.4 is 0 Å². The third-order valence-electron chi connectivity index (χ3n) is 3.51. The summed E-state index contributed by atoms with van der Waals surface area (Å²) >= 11 is 0. The van der Waals surface area contributed by atoms with Crippen LogP contribution in [-0.4, -0.2) is 32.0 Å². The minimum absolute atomic E-state index is 0.0324. The zero-order valence-electron chi connectivity index (χ0n) is 10.6. The van der Waals surface area contributed by atoms with Crippen LogP contribution in [0.3, 0.4) is 0 Å². The zero-order chi connectivity index (χ0) is 12.9. The maximum atomic E-state index is 12.3. The van der Waals surface area contributed by atoms with Gasteiger partial charge in [-0.15, -0.1) is 0 Å². The fraction of sp³-hybridized carbons (Fsp3) is 0.917. The molecule has 0 heterocycles. The van der Waals surface area contributed by atoms with Crippen molar-refractivity contribution in [3.05, 3.63) is 0 Å². The molecule has 0 aromatic heterocycles. The van der Waals surface area contributed by atoms with E-state index in [2.05, 4.69) is 4.74 Å². The highest BCUT2D eigenvalue weighted by Gasteiger charge is 2.32. The van der Waals surface area contributed by atoms with Gasteiger partial charge in [0, 0.05) is 0 Å². The Kier molecular flexibility index (Phi) is 5.43. The normalized spacial score (nSPS) is 20.6. The van der Waals surface area contributed by atoms with Gasteiger partial charge < -0.3 is 4.74 Å². The molecule has 0 amide bonds. The number of sulfone groups is 1. The van der Waals surface area contributed by atoms with Gasteiger partial charge in [-0.1, -0.05) is 25.7 Å². The monoisotopic (exact) mass is 262 g/mol. The number of hydrogen-bond acceptors (Lipinski definition) is 4. The molecule has 5 heteroatoms. The topological polar surface area (TPSA) is 60.4 Å². The van der Waals surface area contributed by atoms with Crippen LogP contribution in [0, 0.1) is 0 Å². The molecule has 1 aliphatic rings. The predicted octanol–water partition coefficient (Wildman–Crippen LogP) is 2.08. The number of carbonyl (C=O) groups excluding carboxylic acids is 1. The van der Waals surface area contributed by atoms with Crippen molar-refractivity contribution in [2.75, 3.05) is 7.11 Å². The van der Waals surface area contributed by atoms with Gasteiger partial charge in [0.25, 0.3) is 0 Å². The van der Waals surface area contributed by atoms with Crippen LogP contribution in [-0.2, 0) is 19.4 Å². The van der Waals surface area contributed by atoms with Gasteiger partial charge in [-0.3, -0.25) is 4.79 Å². The Labute approximate surface area is 104 Å². The minimum Gasteiger partial charge on any atom is -0.469 e. The van der Waals surface area contributed by atoms with E-state index in [0.717, 1.165) is 38.5 Å². The van der Waals surface area contributed by atoms with E-state index in [1.54, 1.807) is 6.92 Å². The van der Waals surface area contributed by atoms with Gasteiger partial charge in [0.15, 0.2) is 9.84 Å². The first-order chi connectivity index (χ1) is 7.98. The lowest BCUT2D eigenvalue weighted by atomic mass is 10.2. The van der Waals surface area contributed by atoms with Crippen molar-refractivity contribution in [3.8, 4) is 0 Å². The highest BCUT2D eigenvalue weighted by molar-refractivity contribution is 7.92. The molecule has 0 aromatic carbocycles. The molecular formula is C12H22O4S. The molecule has 1 saturated carbocycles. The van der Waals surface area contributed by atoms with Crippen molar-refractivity contribution < 1.29 is 17.9 Å². The Balaban J connectivity index is 2.67. The fourth-order valence-corrected chi connectivity index (χ4v) is 4.35. The quantitative estimate of drug-likeness (QED) is 0.575. The second kappa shape index (κ2) is 6.38. The van der Waals surface area contributed by atoms with Gasteiger partial charge in [0.05, 0.1) is 24.0 Å². The average Bonchev–Trinajstić information content (AvgIpc) is 2.57. The molecule has 100 valence electrons. The second-order valence-electron chi connectivity index (χ2n) is 4.79. The summed E-state index contributed by atoms with van der Waals surface area (Å²) in [5.41, 5.74) is 0. The first-order valence-corrected chi connectivity index (χ1v) is 7.89. The third kappa shape index (κ3) is 3.98. The lowest BCUT2D eigenvalue weighted by Gasteiger charge is -2.19. The number of rotatable bonds is 4. The van der Waals surface area contributed by atoms with Crippen molar-refractivity contribution in [1.82, 2.24) is 0 Å². The van der Waals surface area contributed by atoms with Crippen LogP contribution in [0.15, 0.2) is 0 Å². The Morgan fingerprint density at radius 3 is 2.24 bits per heavy atom. The SMILES string of the molecule is COC(=O)CC(C)S(=O)(=O)C1CCCCCC1. The first kappa shape index (κ1) is 14.5. The summed E-state index contributed by atoms with van der Waals surface area (Å²) in [6, 6.07) is 0. The van der Waals surface area contributed by atoms with Crippen molar-refractivity contribution in [3.63, 3.8) is 0 Å². The largest absolute Gasteiger partial charge is 0.469 e. The van der Waals surface area contributed by atoms with E-state index >= 15 is 0 Å². The molecule has 0 bridgehead atoms. The van der Waals surface area contributed by atoms with E-state index in [4.69, 9.17) is 0 Å². The third-order valence-corrected chi connectivity index (χ3v) is 6.20. The summed E-state index contributed by atoms with van der Waals surface area (Å²) in [6.07, 6.45) is 5.66. The molecule has 17 heavy (non-hydrogen) atoms. The minimum atomic E-state index is -3.19. The number of methoxy groups -OCH3 is 1. The predicted molar refractivity (Wildman–Crippen MR) is 66.5 cm³/mol. The standard InChI is InChI=1S/C12H22O4S/c1-10(9-12(13)16-2)17(14,15)11-7-5-3-4-6-8-11/h10-11H,3-9H2,1-2H3. The zero-order valence-corrected chi connectivity index (χ0v) is 11.5. The van der Waals surface area contributed by atoms with Crippen LogP contribution >= 0.6 is 0 Å². The lowest BCUT2D eigenvalue weighted by Crippen LogP contribution is -2.31. The van der Waals surface area contributed by atoms with Gasteiger partial charge in [-0.25, -0.2) is 8.42 Å². The molecule has 0 spiro atoms. The van der Waals surface area contributed by atoms with E-state index in [9.17, 15) is 13.2 Å². The number of ether oxygens (including phenoxy) is 1. The Bertz CT molecular complexity index is 340. The van der Waals surface area contributed by atoms with Crippen LogP contribution in [0.25, 0.3) is 0 Å². The van der Waals surface area contributed by atoms with E-state index in [0.29, 0.717) is 0 Å². The molecule has 1 unspecified atom stereocenters. The summed E-state index contributed by atoms with van der Waals surface area (Å²) in [6.45, 7) is 1.61. The van der Waals surface area contributed by atoms with E-state index < -0.39 is 21.1 Å². The number of carbonyl (C=O) groups is 1. The molecule has 1 atom stereocenters. The highest BCUT2D eigenvalue weighted by Crippen LogP contribution is 2.26. The number of hydrogen-bond donors (Lipinski definition) is 0. The highest BCUT2D eigenvalue weighted by atomic mass is 32.2. The molecule has 4 nitrogen and oxygen atoms in total. The molecule has 0 aromatic rings. The van der Waals surface area contributed by atoms with E-state index in [1.165, 1.54) is 7.11 Å². The van der Waals surface area contributed by atoms with Gasteiger partial charge in [-0.2, -0.15) is 0 Å². The van der Waals surface area contributed by atoms with Gasteiger partial charge in [0.1, 0.15) is 0 Å². The molecule has 0 aliphatic heterocycles. The summed E-state index contributed by atoms with van der Waals surface area (Å²) in [5, 5.41) is -0.886. The van der Waals surface area contributed by atoms with Crippen LogP contribution in [0.4, 0.5) is 0 Å². The lowest BCUT2D eigenvalue weighted by molar-refractivity contribution is -0.140. The van der Waals surface area contributed by atoms with Gasteiger partial charge in [-0.05, 0) is 19.8 Å². The summed E-state index contributed by atoms with van der Waals surface area (Å²) < 4.78 is 29.1. The Hall–Kier alpha value is -0.580. The van der Waals surface area contributed by atoms with Crippen molar-refractivity contribution >= 4 is 15.8 Å². The first-order valence-electron chi connectivity index (χ1n) is 6.28. The van der Waals surface area contributed by atoms with E-state index in [-0.39, 0.29) is 11.7 Å². The van der Waals surface area contributed by atoms with Crippen molar-refractivity contribution in [1.29, 1.82) is 0 Å². The van der Waals surface area contributed by atoms with E-state index in [1.807, 2.05) is 0 Å². The maximum absolute atomic E-state index is 12.3. The van der Waals surface area contributed by atoms with Crippen LogP contribution in [0.1, 0.15) is 51.9 Å². The molecular weight excluding hydrogens is 240 g/mol. The molecule has 0 radical (unpaired) electrons. The molecule has 1 fully saturated rings. The molecule has 0 N–H and O–H groups in total. The Morgan fingerprint density at radius 1 is 1.24 bits per heavy atom. The average molecular weight is 262 g/mol. The van der Waals surface area contributed by atoms with Crippen LogP contribution in [0.2, 0.25) is 0 Å². The Morgan fingerprint density at radius 2 is 1.76 bits per heavy atom. The summed E-state index contributed by atoms with van der Waals surface area (Å²) in [7, 11) is -1.91. The van der Waals surface area contributed by atoms with Crippen LogP contribution in [0.5, 0.6) is 0 Å². The van der Waals surface area contributed by atoms with Gasteiger partial charge in [0.2, 0.25) is 0 Å². The fourth-order valence-electron chi connectivity index (χ4n) is 2.33. The summed E-state index contributed by atoms with van der Waals surface area (Å²) in [4.78, 5) is 11.1. The maximum Gasteiger partial charge on any atom is 0.306 e. The van der Waals surface area contributed by atoms with Crippen molar-refractivity contribution in [2.45, 2.75) is 62.4 Å².